The van der Waals surface area contributed by atoms with Crippen LogP contribution in [0.25, 0.3) is 0 Å². The molecular weight excluding hydrogens is 214 g/mol. The van der Waals surface area contributed by atoms with Crippen molar-refractivity contribution in [2.24, 2.45) is 5.41 Å². The summed E-state index contributed by atoms with van der Waals surface area (Å²) in [5.41, 5.74) is 0.247. The number of carbonyl (C=O) groups excluding carboxylic acids is 2. The maximum Gasteiger partial charge on any atom is 0.227 e. The van der Waals surface area contributed by atoms with Gasteiger partial charge in [-0.05, 0) is 19.1 Å². The largest absolute Gasteiger partial charge is 0.315 e. The van der Waals surface area contributed by atoms with Crippen LogP contribution >= 0.6 is 0 Å². The van der Waals surface area contributed by atoms with E-state index in [0.717, 1.165) is 5.69 Å². The predicted octanol–water partition coefficient (Wildman–Crippen LogP) is 2.65. The molecule has 0 aliphatic heterocycles. The van der Waals surface area contributed by atoms with Gasteiger partial charge in [0.15, 0.2) is 0 Å². The summed E-state index contributed by atoms with van der Waals surface area (Å²) in [5, 5.41) is 0. The van der Waals surface area contributed by atoms with Crippen LogP contribution < -0.4 is 4.90 Å². The third kappa shape index (κ3) is 3.41. The van der Waals surface area contributed by atoms with Gasteiger partial charge in [-0.25, -0.2) is 0 Å². The van der Waals surface area contributed by atoms with Crippen LogP contribution in [0.1, 0.15) is 27.2 Å². The number of hydrogen-bond donors (Lipinski definition) is 0. The molecule has 0 N–H and O–H groups in total. The topological polar surface area (TPSA) is 37.4 Å². The number of amides is 1. The molecule has 0 atom stereocenters. The molecule has 1 aromatic rings. The van der Waals surface area contributed by atoms with Gasteiger partial charge in [0.2, 0.25) is 5.91 Å². The predicted molar refractivity (Wildman–Crippen MR) is 68.9 cm³/mol. The average Bonchev–Trinajstić information content (AvgIpc) is 2.28. The molecule has 3 heteroatoms. The van der Waals surface area contributed by atoms with Gasteiger partial charge >= 0.3 is 0 Å². The van der Waals surface area contributed by atoms with Gasteiger partial charge in [-0.1, -0.05) is 32.0 Å². The molecule has 1 amide bonds. The van der Waals surface area contributed by atoms with Crippen molar-refractivity contribution in [1.29, 1.82) is 0 Å². The Hall–Kier alpha value is -1.64. The van der Waals surface area contributed by atoms with E-state index in [1.54, 1.807) is 25.8 Å². The second kappa shape index (κ2) is 5.13. The first-order valence-corrected chi connectivity index (χ1v) is 5.67. The Bertz CT molecular complexity index is 409. The van der Waals surface area contributed by atoms with E-state index in [1.165, 1.54) is 6.92 Å². The Kier molecular flexibility index (Phi) is 4.05. The number of hydrogen-bond acceptors (Lipinski definition) is 2. The summed E-state index contributed by atoms with van der Waals surface area (Å²) >= 11 is 0. The van der Waals surface area contributed by atoms with Crippen LogP contribution in [0.3, 0.4) is 0 Å². The summed E-state index contributed by atoms with van der Waals surface area (Å²) in [4.78, 5) is 25.0. The van der Waals surface area contributed by atoms with Crippen LogP contribution in [0.2, 0.25) is 0 Å². The highest BCUT2D eigenvalue weighted by Crippen LogP contribution is 2.24. The molecule has 0 fully saturated rings. The summed E-state index contributed by atoms with van der Waals surface area (Å²) in [5.74, 6) is -0.0105. The minimum atomic E-state index is -0.597. The van der Waals surface area contributed by atoms with Crippen LogP contribution in [0, 0.1) is 5.41 Å². The van der Waals surface area contributed by atoms with Gasteiger partial charge in [-0.2, -0.15) is 0 Å². The summed E-state index contributed by atoms with van der Waals surface area (Å²) in [7, 11) is 1.73. The Morgan fingerprint density at radius 1 is 1.18 bits per heavy atom. The minimum Gasteiger partial charge on any atom is -0.315 e. The number of benzene rings is 1. The number of carbonyl (C=O) groups is 2. The number of para-hydroxylation sites is 1. The van der Waals surface area contributed by atoms with Gasteiger partial charge in [-0.15, -0.1) is 0 Å². The first-order valence-electron chi connectivity index (χ1n) is 5.67. The van der Waals surface area contributed by atoms with Gasteiger partial charge in [0.1, 0.15) is 5.78 Å². The van der Waals surface area contributed by atoms with Crippen molar-refractivity contribution in [1.82, 2.24) is 0 Å². The van der Waals surface area contributed by atoms with Crippen molar-refractivity contribution in [2.45, 2.75) is 27.2 Å². The highest BCUT2D eigenvalue weighted by atomic mass is 16.2. The van der Waals surface area contributed by atoms with Crippen LogP contribution in [0.15, 0.2) is 30.3 Å². The lowest BCUT2D eigenvalue weighted by Gasteiger charge is -2.24. The van der Waals surface area contributed by atoms with Crippen LogP contribution in [-0.2, 0) is 9.59 Å². The maximum atomic E-state index is 12.0. The highest BCUT2D eigenvalue weighted by molar-refractivity contribution is 5.96. The fourth-order valence-electron chi connectivity index (χ4n) is 1.42. The van der Waals surface area contributed by atoms with Gasteiger partial charge in [0.05, 0.1) is 0 Å². The molecule has 0 radical (unpaired) electrons. The number of anilines is 1. The third-order valence-corrected chi connectivity index (χ3v) is 3.06. The van der Waals surface area contributed by atoms with Crippen molar-refractivity contribution in [3.8, 4) is 0 Å². The third-order valence-electron chi connectivity index (χ3n) is 3.06. The number of Topliss-reactive ketones (excluding diaryl/α,β-unsaturated/α-hetero) is 1. The molecule has 0 spiro atoms. The monoisotopic (exact) mass is 233 g/mol. The van der Waals surface area contributed by atoms with E-state index >= 15 is 0 Å². The normalized spacial score (nSPS) is 11.1. The fourth-order valence-corrected chi connectivity index (χ4v) is 1.42. The van der Waals surface area contributed by atoms with E-state index in [-0.39, 0.29) is 18.1 Å². The molecule has 1 rings (SSSR count). The zero-order chi connectivity index (χ0) is 13.1. The van der Waals surface area contributed by atoms with E-state index in [4.69, 9.17) is 0 Å². The van der Waals surface area contributed by atoms with Crippen molar-refractivity contribution >= 4 is 17.4 Å². The minimum absolute atomic E-state index is 0.0345. The smallest absolute Gasteiger partial charge is 0.227 e. The molecule has 0 aromatic heterocycles. The Morgan fingerprint density at radius 3 is 2.18 bits per heavy atom. The van der Waals surface area contributed by atoms with E-state index in [0.29, 0.717) is 0 Å². The maximum absolute atomic E-state index is 12.0. The lowest BCUT2D eigenvalue weighted by molar-refractivity contribution is -0.130. The average molecular weight is 233 g/mol. The van der Waals surface area contributed by atoms with Crippen LogP contribution in [-0.4, -0.2) is 18.7 Å². The molecule has 0 bridgehead atoms. The number of nitrogens with zero attached hydrogens (tertiary/aromatic N) is 1. The SMILES string of the molecule is CC(=O)C(C)(C)CC(=O)N(C)c1ccccc1. The molecule has 0 aliphatic rings. The van der Waals surface area contributed by atoms with Crippen molar-refractivity contribution in [3.05, 3.63) is 30.3 Å². The van der Waals surface area contributed by atoms with Crippen LogP contribution in [0.4, 0.5) is 5.69 Å². The van der Waals surface area contributed by atoms with Gasteiger partial charge < -0.3 is 4.90 Å². The zero-order valence-electron chi connectivity index (χ0n) is 10.9. The Labute approximate surface area is 102 Å². The summed E-state index contributed by atoms with van der Waals surface area (Å²) in [6.07, 6.45) is 0.230. The fraction of sp³-hybridized carbons (Fsp3) is 0.429. The lowest BCUT2D eigenvalue weighted by Crippen LogP contribution is -2.33. The number of rotatable bonds is 4. The number of ketones is 1. The lowest BCUT2D eigenvalue weighted by atomic mass is 9.85. The second-order valence-corrected chi connectivity index (χ2v) is 4.91. The molecule has 0 heterocycles. The van der Waals surface area contributed by atoms with E-state index in [1.807, 2.05) is 30.3 Å². The molecule has 92 valence electrons. The Balaban J connectivity index is 2.75. The first kappa shape index (κ1) is 13.4. The summed E-state index contributed by atoms with van der Waals surface area (Å²) < 4.78 is 0. The molecular formula is C14H19NO2. The van der Waals surface area contributed by atoms with E-state index in [9.17, 15) is 9.59 Å². The molecule has 17 heavy (non-hydrogen) atoms. The molecule has 0 saturated heterocycles. The van der Waals surface area contributed by atoms with Crippen LogP contribution in [0.5, 0.6) is 0 Å². The second-order valence-electron chi connectivity index (χ2n) is 4.91. The highest BCUT2D eigenvalue weighted by Gasteiger charge is 2.28. The van der Waals surface area contributed by atoms with Crippen molar-refractivity contribution in [3.63, 3.8) is 0 Å². The van der Waals surface area contributed by atoms with E-state index < -0.39 is 5.41 Å². The zero-order valence-corrected chi connectivity index (χ0v) is 10.9. The van der Waals surface area contributed by atoms with Gasteiger partial charge in [-0.3, -0.25) is 9.59 Å². The molecule has 0 aliphatic carbocycles. The van der Waals surface area contributed by atoms with Crippen molar-refractivity contribution in [2.75, 3.05) is 11.9 Å². The van der Waals surface area contributed by atoms with E-state index in [2.05, 4.69) is 0 Å². The molecule has 1 aromatic carbocycles. The molecule has 3 nitrogen and oxygen atoms in total. The Morgan fingerprint density at radius 2 is 1.71 bits per heavy atom. The van der Waals surface area contributed by atoms with Crippen molar-refractivity contribution < 1.29 is 9.59 Å². The first-order chi connectivity index (χ1) is 7.84. The molecule has 0 unspecified atom stereocenters. The standard InChI is InChI=1S/C14H19NO2/c1-11(16)14(2,3)10-13(17)15(4)12-8-6-5-7-9-12/h5-9H,10H2,1-4H3. The summed E-state index contributed by atoms with van der Waals surface area (Å²) in [6.45, 7) is 5.12. The summed E-state index contributed by atoms with van der Waals surface area (Å²) in [6, 6.07) is 9.42. The van der Waals surface area contributed by atoms with Gasteiger partial charge in [0, 0.05) is 24.6 Å². The molecule has 0 saturated carbocycles. The quantitative estimate of drug-likeness (QED) is 0.801. The van der Waals surface area contributed by atoms with Gasteiger partial charge in [0.25, 0.3) is 0 Å².